The van der Waals surface area contributed by atoms with E-state index in [4.69, 9.17) is 4.74 Å². The van der Waals surface area contributed by atoms with E-state index in [2.05, 4.69) is 15.0 Å². The second-order valence-corrected chi connectivity index (χ2v) is 8.73. The number of aromatic nitrogens is 2. The molecule has 32 heavy (non-hydrogen) atoms. The fraction of sp³-hybridized carbons (Fsp3) is 0.304. The van der Waals surface area contributed by atoms with Crippen molar-refractivity contribution in [1.29, 1.82) is 0 Å². The van der Waals surface area contributed by atoms with Gasteiger partial charge in [0.15, 0.2) is 0 Å². The van der Waals surface area contributed by atoms with Crippen molar-refractivity contribution in [3.05, 3.63) is 65.6 Å². The van der Waals surface area contributed by atoms with Crippen molar-refractivity contribution in [2.24, 2.45) is 0 Å². The summed E-state index contributed by atoms with van der Waals surface area (Å²) >= 11 is 0. The van der Waals surface area contributed by atoms with E-state index in [0.29, 0.717) is 25.7 Å². The Morgan fingerprint density at radius 1 is 1.12 bits per heavy atom. The average Bonchev–Trinajstić information content (AvgIpc) is 3.13. The molecule has 0 aliphatic rings. The van der Waals surface area contributed by atoms with Crippen molar-refractivity contribution in [2.45, 2.75) is 26.3 Å². The molecule has 0 unspecified atom stereocenters. The highest BCUT2D eigenvalue weighted by atomic mass is 32.2. The van der Waals surface area contributed by atoms with Crippen LogP contribution in [0.4, 0.5) is 5.95 Å². The summed E-state index contributed by atoms with van der Waals surface area (Å²) < 4.78 is 34.0. The fourth-order valence-electron chi connectivity index (χ4n) is 3.14. The Morgan fingerprint density at radius 2 is 1.88 bits per heavy atom. The first-order valence-corrected chi connectivity index (χ1v) is 12.1. The predicted molar refractivity (Wildman–Crippen MR) is 126 cm³/mol. The van der Waals surface area contributed by atoms with Gasteiger partial charge in [-0.2, -0.15) is 0 Å². The zero-order valence-corrected chi connectivity index (χ0v) is 18.8. The van der Waals surface area contributed by atoms with Crippen LogP contribution < -0.4 is 10.0 Å². The molecule has 0 atom stereocenters. The van der Waals surface area contributed by atoms with E-state index >= 15 is 0 Å². The number of carbonyl (C=O) groups excluding carboxylic acids is 1. The van der Waals surface area contributed by atoms with Gasteiger partial charge in [-0.3, -0.25) is 10.1 Å². The molecule has 170 valence electrons. The first kappa shape index (κ1) is 23.6. The molecule has 2 aromatic carbocycles. The zero-order valence-electron chi connectivity index (χ0n) is 18.0. The van der Waals surface area contributed by atoms with E-state index in [1.807, 2.05) is 54.0 Å². The van der Waals surface area contributed by atoms with Crippen LogP contribution in [0.15, 0.2) is 60.0 Å². The lowest BCUT2D eigenvalue weighted by Crippen LogP contribution is -2.26. The molecule has 0 bridgehead atoms. The SMILES string of the molecule is CCOCCCn1c(NC(=O)CCNS(=O)(=O)/C=C/c2ccccc2)nc2ccccc21. The highest BCUT2D eigenvalue weighted by Crippen LogP contribution is 2.20. The summed E-state index contributed by atoms with van der Waals surface area (Å²) in [5, 5.41) is 3.90. The Kier molecular flexibility index (Phi) is 8.55. The van der Waals surface area contributed by atoms with Gasteiger partial charge in [0, 0.05) is 38.1 Å². The van der Waals surface area contributed by atoms with Crippen LogP contribution in [0.2, 0.25) is 0 Å². The summed E-state index contributed by atoms with van der Waals surface area (Å²) in [6.45, 7) is 3.86. The molecule has 0 saturated heterocycles. The number of hydrogen-bond donors (Lipinski definition) is 2. The van der Waals surface area contributed by atoms with E-state index in [9.17, 15) is 13.2 Å². The van der Waals surface area contributed by atoms with Gasteiger partial charge in [0.2, 0.25) is 21.9 Å². The van der Waals surface area contributed by atoms with Crippen LogP contribution in [-0.4, -0.2) is 43.6 Å². The number of benzene rings is 2. The highest BCUT2D eigenvalue weighted by molar-refractivity contribution is 7.92. The minimum Gasteiger partial charge on any atom is -0.382 e. The Morgan fingerprint density at radius 3 is 2.66 bits per heavy atom. The molecule has 2 N–H and O–H groups in total. The topological polar surface area (TPSA) is 102 Å². The maximum atomic E-state index is 12.4. The Hall–Kier alpha value is -3.01. The van der Waals surface area contributed by atoms with Gasteiger partial charge in [-0.25, -0.2) is 18.1 Å². The van der Waals surface area contributed by atoms with E-state index in [1.54, 1.807) is 12.1 Å². The zero-order chi connectivity index (χ0) is 22.8. The number of nitrogens with one attached hydrogen (secondary N) is 2. The smallest absolute Gasteiger partial charge is 0.233 e. The van der Waals surface area contributed by atoms with Gasteiger partial charge in [-0.05, 0) is 37.1 Å². The second-order valence-electron chi connectivity index (χ2n) is 7.08. The van der Waals surface area contributed by atoms with Crippen LogP contribution >= 0.6 is 0 Å². The number of aryl methyl sites for hydroxylation is 1. The van der Waals surface area contributed by atoms with Crippen LogP contribution in [-0.2, 0) is 26.1 Å². The summed E-state index contributed by atoms with van der Waals surface area (Å²) in [5.74, 6) is 0.126. The third-order valence-corrected chi connectivity index (χ3v) is 5.78. The number of rotatable bonds is 12. The van der Waals surface area contributed by atoms with Crippen molar-refractivity contribution in [3.8, 4) is 0 Å². The molecule has 0 saturated carbocycles. The summed E-state index contributed by atoms with van der Waals surface area (Å²) in [6.07, 6.45) is 2.28. The Labute approximate surface area is 188 Å². The van der Waals surface area contributed by atoms with Crippen molar-refractivity contribution in [2.75, 3.05) is 25.1 Å². The van der Waals surface area contributed by atoms with Gasteiger partial charge in [0.25, 0.3) is 0 Å². The number of sulfonamides is 1. The monoisotopic (exact) mass is 456 g/mol. The minimum atomic E-state index is -3.64. The second kappa shape index (κ2) is 11.6. The molecule has 0 aliphatic carbocycles. The number of carbonyl (C=O) groups is 1. The first-order chi connectivity index (χ1) is 15.5. The lowest BCUT2D eigenvalue weighted by atomic mass is 10.2. The highest BCUT2D eigenvalue weighted by Gasteiger charge is 2.14. The van der Waals surface area contributed by atoms with E-state index < -0.39 is 10.0 Å². The van der Waals surface area contributed by atoms with Crippen molar-refractivity contribution in [3.63, 3.8) is 0 Å². The molecule has 0 spiro atoms. The lowest BCUT2D eigenvalue weighted by molar-refractivity contribution is -0.116. The molecule has 3 aromatic rings. The van der Waals surface area contributed by atoms with Crippen LogP contribution in [0.5, 0.6) is 0 Å². The van der Waals surface area contributed by atoms with Gasteiger partial charge < -0.3 is 9.30 Å². The van der Waals surface area contributed by atoms with Crippen LogP contribution in [0.3, 0.4) is 0 Å². The molecule has 0 fully saturated rings. The van der Waals surface area contributed by atoms with Gasteiger partial charge in [-0.1, -0.05) is 42.5 Å². The van der Waals surface area contributed by atoms with E-state index in [0.717, 1.165) is 28.4 Å². The Bertz CT molecular complexity index is 1160. The molecule has 9 heteroatoms. The minimum absolute atomic E-state index is 0.0133. The van der Waals surface area contributed by atoms with Crippen molar-refractivity contribution >= 4 is 39.0 Å². The first-order valence-electron chi connectivity index (χ1n) is 10.5. The standard InChI is InChI=1S/C23H28N4O4S/c1-2-31-17-8-16-27-21-12-7-6-11-20(21)25-23(27)26-22(28)13-15-24-32(29,30)18-14-19-9-4-3-5-10-19/h3-7,9-12,14,18,24H,2,8,13,15-17H2,1H3,(H,25,26,28)/b18-14+. The maximum absolute atomic E-state index is 12.4. The van der Waals surface area contributed by atoms with E-state index in [1.165, 1.54) is 6.08 Å². The molecule has 1 aromatic heterocycles. The van der Waals surface area contributed by atoms with Crippen LogP contribution in [0.25, 0.3) is 17.1 Å². The molecule has 1 heterocycles. The number of anilines is 1. The van der Waals surface area contributed by atoms with Crippen LogP contribution in [0.1, 0.15) is 25.3 Å². The predicted octanol–water partition coefficient (Wildman–Crippen LogP) is 3.38. The van der Waals surface area contributed by atoms with Crippen molar-refractivity contribution < 1.29 is 17.9 Å². The molecule has 0 aliphatic heterocycles. The largest absolute Gasteiger partial charge is 0.382 e. The number of imidazole rings is 1. The Balaban J connectivity index is 1.56. The molecule has 8 nitrogen and oxygen atoms in total. The molecule has 3 rings (SSSR count). The van der Waals surface area contributed by atoms with Crippen LogP contribution in [0, 0.1) is 0 Å². The average molecular weight is 457 g/mol. The van der Waals surface area contributed by atoms with Gasteiger partial charge in [0.1, 0.15) is 0 Å². The molecule has 1 amide bonds. The number of fused-ring (bicyclic) bond motifs is 1. The normalized spacial score (nSPS) is 11.9. The quantitative estimate of drug-likeness (QED) is 0.407. The molecule has 0 radical (unpaired) electrons. The van der Waals surface area contributed by atoms with Gasteiger partial charge in [-0.15, -0.1) is 0 Å². The number of ether oxygens (including phenoxy) is 1. The maximum Gasteiger partial charge on any atom is 0.233 e. The van der Waals surface area contributed by atoms with E-state index in [-0.39, 0.29) is 18.9 Å². The number of hydrogen-bond acceptors (Lipinski definition) is 5. The summed E-state index contributed by atoms with van der Waals surface area (Å²) in [4.78, 5) is 17.0. The fourth-order valence-corrected chi connectivity index (χ4v) is 3.96. The summed E-state index contributed by atoms with van der Waals surface area (Å²) in [5.41, 5.74) is 2.48. The summed E-state index contributed by atoms with van der Waals surface area (Å²) in [6, 6.07) is 16.8. The third-order valence-electron chi connectivity index (χ3n) is 4.67. The van der Waals surface area contributed by atoms with Gasteiger partial charge >= 0.3 is 0 Å². The summed E-state index contributed by atoms with van der Waals surface area (Å²) in [7, 11) is -3.64. The number of para-hydroxylation sites is 2. The van der Waals surface area contributed by atoms with Crippen molar-refractivity contribution in [1.82, 2.24) is 14.3 Å². The third kappa shape index (κ3) is 7.01. The molecular formula is C23H28N4O4S. The van der Waals surface area contributed by atoms with Gasteiger partial charge in [0.05, 0.1) is 11.0 Å². The number of nitrogens with zero attached hydrogens (tertiary/aromatic N) is 2. The lowest BCUT2D eigenvalue weighted by Gasteiger charge is -2.10. The number of amides is 1. The molecular weight excluding hydrogens is 428 g/mol.